The number of piperidine rings is 1. The Morgan fingerprint density at radius 3 is 2.76 bits per heavy atom. The largest absolute Gasteiger partial charge is 0.479 e. The topological polar surface area (TPSA) is 69.6 Å². The molecule has 0 saturated carbocycles. The van der Waals surface area contributed by atoms with Crippen molar-refractivity contribution in [1.29, 1.82) is 0 Å². The number of benzene rings is 1. The van der Waals surface area contributed by atoms with Crippen molar-refractivity contribution < 1.29 is 14.7 Å². The first-order chi connectivity index (χ1) is 10.2. The van der Waals surface area contributed by atoms with Gasteiger partial charge in [-0.25, -0.2) is 4.79 Å². The summed E-state index contributed by atoms with van der Waals surface area (Å²) in [6, 6.07) is 6.44. The molecule has 0 aromatic heterocycles. The lowest BCUT2D eigenvalue weighted by atomic mass is 9.91. The number of fused-ring (bicyclic) bond motifs is 1. The lowest BCUT2D eigenvalue weighted by Crippen LogP contribution is -2.52. The minimum absolute atomic E-state index is 0.0726. The zero-order chi connectivity index (χ0) is 14.8. The van der Waals surface area contributed by atoms with Gasteiger partial charge in [-0.1, -0.05) is 30.7 Å². The number of nitrogens with one attached hydrogen (secondary N) is 1. The number of aliphatic carboxylic acids is 1. The van der Waals surface area contributed by atoms with Crippen molar-refractivity contribution in [2.75, 3.05) is 13.1 Å². The van der Waals surface area contributed by atoms with Crippen molar-refractivity contribution in [1.82, 2.24) is 10.2 Å². The Balaban J connectivity index is 1.88. The summed E-state index contributed by atoms with van der Waals surface area (Å²) >= 11 is 0. The molecule has 5 nitrogen and oxygen atoms in total. The van der Waals surface area contributed by atoms with Crippen LogP contribution in [0.4, 0.5) is 0 Å². The van der Waals surface area contributed by atoms with E-state index in [-0.39, 0.29) is 11.9 Å². The molecule has 112 valence electrons. The van der Waals surface area contributed by atoms with Crippen molar-refractivity contribution in [3.8, 4) is 0 Å². The number of carboxylic acids is 1. The Morgan fingerprint density at radius 2 is 2.05 bits per heavy atom. The second-order valence-electron chi connectivity index (χ2n) is 5.72. The van der Waals surface area contributed by atoms with Crippen LogP contribution in [0.3, 0.4) is 0 Å². The number of amides is 1. The summed E-state index contributed by atoms with van der Waals surface area (Å²) in [6.45, 7) is 1.31. The van der Waals surface area contributed by atoms with Gasteiger partial charge in [0.1, 0.15) is 0 Å². The molecule has 1 aromatic carbocycles. The second-order valence-corrected chi connectivity index (χ2v) is 5.72. The fourth-order valence-electron chi connectivity index (χ4n) is 3.33. The van der Waals surface area contributed by atoms with E-state index < -0.39 is 12.0 Å². The lowest BCUT2D eigenvalue weighted by molar-refractivity contribution is -0.152. The Hall–Kier alpha value is -1.88. The van der Waals surface area contributed by atoms with Crippen molar-refractivity contribution in [3.63, 3.8) is 0 Å². The summed E-state index contributed by atoms with van der Waals surface area (Å²) in [4.78, 5) is 25.9. The van der Waals surface area contributed by atoms with Gasteiger partial charge in [-0.2, -0.15) is 0 Å². The number of nitrogens with zero attached hydrogens (tertiary/aromatic N) is 1. The molecule has 1 unspecified atom stereocenters. The lowest BCUT2D eigenvalue weighted by Gasteiger charge is -2.37. The van der Waals surface area contributed by atoms with Crippen molar-refractivity contribution in [3.05, 3.63) is 35.4 Å². The van der Waals surface area contributed by atoms with Gasteiger partial charge >= 0.3 is 5.97 Å². The second kappa shape index (κ2) is 5.85. The summed E-state index contributed by atoms with van der Waals surface area (Å²) in [5.74, 6) is -1.03. The molecule has 0 aliphatic carbocycles. The zero-order valence-electron chi connectivity index (χ0n) is 11.9. The fourth-order valence-corrected chi connectivity index (χ4v) is 3.33. The zero-order valence-corrected chi connectivity index (χ0v) is 11.9. The Labute approximate surface area is 123 Å². The van der Waals surface area contributed by atoms with Gasteiger partial charge in [0, 0.05) is 6.54 Å². The molecule has 2 heterocycles. The highest BCUT2D eigenvalue weighted by atomic mass is 16.4. The van der Waals surface area contributed by atoms with Crippen LogP contribution in [0.1, 0.15) is 36.4 Å². The van der Waals surface area contributed by atoms with Crippen LogP contribution in [-0.4, -0.2) is 41.0 Å². The molecule has 1 fully saturated rings. The predicted molar refractivity (Wildman–Crippen MR) is 77.9 cm³/mol. The minimum atomic E-state index is -0.952. The van der Waals surface area contributed by atoms with Crippen molar-refractivity contribution in [2.24, 2.45) is 0 Å². The average molecular weight is 288 g/mol. The number of carboxylic acid groups (broad SMARTS) is 1. The van der Waals surface area contributed by atoms with E-state index in [0.717, 1.165) is 43.4 Å². The molecule has 21 heavy (non-hydrogen) atoms. The van der Waals surface area contributed by atoms with Crippen LogP contribution in [0.25, 0.3) is 0 Å². The van der Waals surface area contributed by atoms with Crippen LogP contribution in [0.2, 0.25) is 0 Å². The van der Waals surface area contributed by atoms with E-state index in [1.165, 1.54) is 4.90 Å². The van der Waals surface area contributed by atoms with E-state index in [9.17, 15) is 14.7 Å². The highest BCUT2D eigenvalue weighted by Gasteiger charge is 2.38. The molecule has 1 amide bonds. The molecule has 2 aliphatic rings. The maximum Gasteiger partial charge on any atom is 0.331 e. The predicted octanol–water partition coefficient (Wildman–Crippen LogP) is 1.34. The standard InChI is InChI=1S/C16H20N2O3/c19-15(13-7-3-4-9-17-13)18-10-8-11-5-1-2-6-12(11)14(18)16(20)21/h1-2,5-6,13-14,17H,3-4,7-10H2,(H,20,21)/t13-,14?/m0/s1. The van der Waals surface area contributed by atoms with Crippen molar-refractivity contribution in [2.45, 2.75) is 37.8 Å². The van der Waals surface area contributed by atoms with Crippen LogP contribution < -0.4 is 5.32 Å². The van der Waals surface area contributed by atoms with Crippen molar-refractivity contribution >= 4 is 11.9 Å². The normalized spacial score (nSPS) is 25.2. The number of hydrogen-bond donors (Lipinski definition) is 2. The fraction of sp³-hybridized carbons (Fsp3) is 0.500. The third-order valence-corrected chi connectivity index (χ3v) is 4.41. The first kappa shape index (κ1) is 14.1. The summed E-state index contributed by atoms with van der Waals surface area (Å²) in [7, 11) is 0. The average Bonchev–Trinajstić information content (AvgIpc) is 2.53. The molecule has 0 bridgehead atoms. The summed E-state index contributed by atoms with van der Waals surface area (Å²) in [5.41, 5.74) is 1.78. The summed E-state index contributed by atoms with van der Waals surface area (Å²) < 4.78 is 0. The maximum atomic E-state index is 12.7. The number of carbonyl (C=O) groups excluding carboxylic acids is 1. The highest BCUT2D eigenvalue weighted by Crippen LogP contribution is 2.31. The number of carbonyl (C=O) groups is 2. The number of hydrogen-bond acceptors (Lipinski definition) is 3. The highest BCUT2D eigenvalue weighted by molar-refractivity contribution is 5.88. The quantitative estimate of drug-likeness (QED) is 0.861. The SMILES string of the molecule is O=C(O)C1c2ccccc2CCN1C(=O)[C@@H]1CCCCN1. The van der Waals surface area contributed by atoms with Crippen LogP contribution in [0.15, 0.2) is 24.3 Å². The monoisotopic (exact) mass is 288 g/mol. The van der Waals surface area contributed by atoms with Gasteiger partial charge in [-0.05, 0) is 36.9 Å². The van der Waals surface area contributed by atoms with Crippen LogP contribution in [0, 0.1) is 0 Å². The molecular formula is C16H20N2O3. The van der Waals surface area contributed by atoms with E-state index in [1.54, 1.807) is 0 Å². The first-order valence-corrected chi connectivity index (χ1v) is 7.53. The summed E-state index contributed by atoms with van der Waals surface area (Å²) in [5, 5.41) is 12.8. The van der Waals surface area contributed by atoms with E-state index in [4.69, 9.17) is 0 Å². The Kier molecular flexibility index (Phi) is 3.92. The van der Waals surface area contributed by atoms with Gasteiger partial charge in [0.2, 0.25) is 5.91 Å². The number of rotatable bonds is 2. The van der Waals surface area contributed by atoms with Gasteiger partial charge in [-0.15, -0.1) is 0 Å². The van der Waals surface area contributed by atoms with E-state index in [1.807, 2.05) is 24.3 Å². The molecular weight excluding hydrogens is 268 g/mol. The van der Waals surface area contributed by atoms with Gasteiger partial charge in [0.05, 0.1) is 6.04 Å². The van der Waals surface area contributed by atoms with Gasteiger partial charge in [0.25, 0.3) is 0 Å². The molecule has 1 aromatic rings. The van der Waals surface area contributed by atoms with Crippen LogP contribution >= 0.6 is 0 Å². The first-order valence-electron chi connectivity index (χ1n) is 7.53. The maximum absolute atomic E-state index is 12.7. The molecule has 5 heteroatoms. The molecule has 2 atom stereocenters. The minimum Gasteiger partial charge on any atom is -0.479 e. The van der Waals surface area contributed by atoms with E-state index >= 15 is 0 Å². The van der Waals surface area contributed by atoms with Crippen LogP contribution in [0.5, 0.6) is 0 Å². The molecule has 0 radical (unpaired) electrons. The molecule has 3 rings (SSSR count). The van der Waals surface area contributed by atoms with Gasteiger partial charge < -0.3 is 15.3 Å². The Morgan fingerprint density at radius 1 is 1.24 bits per heavy atom. The molecule has 0 spiro atoms. The smallest absolute Gasteiger partial charge is 0.331 e. The third kappa shape index (κ3) is 2.65. The van der Waals surface area contributed by atoms with E-state index in [0.29, 0.717) is 6.54 Å². The Bertz CT molecular complexity index is 552. The summed E-state index contributed by atoms with van der Waals surface area (Å²) in [6.07, 6.45) is 3.61. The molecule has 2 aliphatic heterocycles. The van der Waals surface area contributed by atoms with Crippen LogP contribution in [-0.2, 0) is 16.0 Å². The molecule has 2 N–H and O–H groups in total. The van der Waals surface area contributed by atoms with Gasteiger partial charge in [-0.3, -0.25) is 4.79 Å². The molecule has 1 saturated heterocycles. The third-order valence-electron chi connectivity index (χ3n) is 4.41. The van der Waals surface area contributed by atoms with E-state index in [2.05, 4.69) is 5.32 Å². The van der Waals surface area contributed by atoms with Gasteiger partial charge in [0.15, 0.2) is 6.04 Å².